The van der Waals surface area contributed by atoms with Crippen molar-refractivity contribution in [2.24, 2.45) is 11.7 Å². The maximum Gasteiger partial charge on any atom is 0.245 e. The lowest BCUT2D eigenvalue weighted by Crippen LogP contribution is -2.44. The van der Waals surface area contributed by atoms with Crippen LogP contribution in [0.5, 0.6) is 0 Å². The first-order valence-corrected chi connectivity index (χ1v) is 9.17. The quantitative estimate of drug-likeness (QED) is 0.943. The van der Waals surface area contributed by atoms with Gasteiger partial charge in [-0.25, -0.2) is 0 Å². The number of hydrogen-bond acceptors (Lipinski definition) is 4. The minimum absolute atomic E-state index is 0.0891. The van der Waals surface area contributed by atoms with Gasteiger partial charge in [0.2, 0.25) is 5.91 Å². The highest BCUT2D eigenvalue weighted by atomic mass is 32.1. The maximum absolute atomic E-state index is 12.9. The molecule has 0 bridgehead atoms. The molecule has 2 atom stereocenters. The molecule has 2 aromatic rings. The van der Waals surface area contributed by atoms with Gasteiger partial charge in [0.1, 0.15) is 6.04 Å². The minimum Gasteiger partial charge on any atom is -0.333 e. The van der Waals surface area contributed by atoms with E-state index in [1.807, 2.05) is 28.8 Å². The third-order valence-corrected chi connectivity index (χ3v) is 6.43. The number of carbonyl (C=O) groups excluding carboxylic acids is 1. The van der Waals surface area contributed by atoms with E-state index in [4.69, 9.17) is 5.73 Å². The zero-order chi connectivity index (χ0) is 14.4. The molecule has 3 heterocycles. The summed E-state index contributed by atoms with van der Waals surface area (Å²) in [4.78, 5) is 17.4. The van der Waals surface area contributed by atoms with E-state index >= 15 is 0 Å². The van der Waals surface area contributed by atoms with Crippen molar-refractivity contribution in [3.8, 4) is 0 Å². The molecule has 4 rings (SSSR count). The molecule has 2 aromatic heterocycles. The fourth-order valence-electron chi connectivity index (χ4n) is 3.28. The topological polar surface area (TPSA) is 46.3 Å². The number of nitrogens with two attached hydrogens (primary N) is 1. The highest BCUT2D eigenvalue weighted by Gasteiger charge is 2.43. The second-order valence-electron chi connectivity index (χ2n) is 5.86. The number of nitrogens with zero attached hydrogens (tertiary/aromatic N) is 1. The Labute approximate surface area is 132 Å². The van der Waals surface area contributed by atoms with E-state index in [-0.39, 0.29) is 11.9 Å². The first-order chi connectivity index (χ1) is 10.3. The molecule has 21 heavy (non-hydrogen) atoms. The lowest BCUT2D eigenvalue weighted by molar-refractivity contribution is -0.136. The predicted octanol–water partition coefficient (Wildman–Crippen LogP) is 3.35. The Kier molecular flexibility index (Phi) is 3.36. The fourth-order valence-corrected chi connectivity index (χ4v) is 4.91. The number of amides is 1. The van der Waals surface area contributed by atoms with Crippen molar-refractivity contribution in [3.05, 3.63) is 44.3 Å². The van der Waals surface area contributed by atoms with Gasteiger partial charge in [-0.2, -0.15) is 0 Å². The van der Waals surface area contributed by atoms with Crippen molar-refractivity contribution >= 4 is 28.6 Å². The maximum atomic E-state index is 12.9. The van der Waals surface area contributed by atoms with Crippen LogP contribution < -0.4 is 5.73 Å². The number of thiophene rings is 2. The summed E-state index contributed by atoms with van der Waals surface area (Å²) in [6.45, 7) is 0.812. The van der Waals surface area contributed by atoms with Gasteiger partial charge in [-0.15, -0.1) is 22.7 Å². The summed E-state index contributed by atoms with van der Waals surface area (Å²) in [5.74, 6) is 0.726. The predicted molar refractivity (Wildman–Crippen MR) is 86.4 cm³/mol. The third-order valence-electron chi connectivity index (χ3n) is 4.48. The smallest absolute Gasteiger partial charge is 0.245 e. The number of hydrogen-bond donors (Lipinski definition) is 1. The van der Waals surface area contributed by atoms with Gasteiger partial charge in [-0.05, 0) is 53.6 Å². The lowest BCUT2D eigenvalue weighted by atomic mass is 9.95. The van der Waals surface area contributed by atoms with Crippen LogP contribution in [-0.4, -0.2) is 17.4 Å². The standard InChI is InChI=1S/C16H18N2OS2/c17-14(13-2-1-8-20-13)16(19)18-7-5-12-11(6-9-21-12)15(18)10-3-4-10/h1-2,6,8-10,14-15H,3-5,7,17H2. The van der Waals surface area contributed by atoms with E-state index in [2.05, 4.69) is 16.3 Å². The van der Waals surface area contributed by atoms with E-state index in [0.717, 1.165) is 17.8 Å². The molecule has 0 aromatic carbocycles. The summed E-state index contributed by atoms with van der Waals surface area (Å²) in [7, 11) is 0. The van der Waals surface area contributed by atoms with Gasteiger partial charge in [0, 0.05) is 16.3 Å². The molecule has 3 nitrogen and oxygen atoms in total. The van der Waals surface area contributed by atoms with Crippen LogP contribution in [0.4, 0.5) is 0 Å². The van der Waals surface area contributed by atoms with E-state index in [1.54, 1.807) is 11.3 Å². The molecule has 110 valence electrons. The van der Waals surface area contributed by atoms with Crippen LogP contribution in [0.15, 0.2) is 29.0 Å². The molecule has 0 saturated heterocycles. The Morgan fingerprint density at radius 2 is 2.14 bits per heavy atom. The third kappa shape index (κ3) is 2.33. The summed E-state index contributed by atoms with van der Waals surface area (Å²) >= 11 is 3.39. The minimum atomic E-state index is -0.508. The van der Waals surface area contributed by atoms with E-state index < -0.39 is 6.04 Å². The summed E-state index contributed by atoms with van der Waals surface area (Å²) in [5, 5.41) is 4.14. The van der Waals surface area contributed by atoms with Crippen LogP contribution in [0, 0.1) is 5.92 Å². The van der Waals surface area contributed by atoms with Gasteiger partial charge in [0.05, 0.1) is 6.04 Å². The zero-order valence-corrected chi connectivity index (χ0v) is 13.3. The van der Waals surface area contributed by atoms with E-state index in [1.165, 1.54) is 23.3 Å². The largest absolute Gasteiger partial charge is 0.333 e. The molecule has 5 heteroatoms. The summed E-state index contributed by atoms with van der Waals surface area (Å²) in [6, 6.07) is 5.88. The first-order valence-electron chi connectivity index (χ1n) is 7.41. The molecule has 1 aliphatic heterocycles. The molecule has 0 radical (unpaired) electrons. The zero-order valence-electron chi connectivity index (χ0n) is 11.7. The molecular formula is C16H18N2OS2. The lowest BCUT2D eigenvalue weighted by Gasteiger charge is -2.37. The van der Waals surface area contributed by atoms with Gasteiger partial charge in [0.25, 0.3) is 0 Å². The fraction of sp³-hybridized carbons (Fsp3) is 0.438. The van der Waals surface area contributed by atoms with Crippen molar-refractivity contribution in [2.75, 3.05) is 6.54 Å². The molecule has 1 fully saturated rings. The van der Waals surface area contributed by atoms with Crippen molar-refractivity contribution < 1.29 is 4.79 Å². The number of fused-ring (bicyclic) bond motifs is 1. The average molecular weight is 318 g/mol. The van der Waals surface area contributed by atoms with Crippen molar-refractivity contribution in [1.82, 2.24) is 4.90 Å². The molecule has 0 spiro atoms. The Morgan fingerprint density at radius 1 is 1.29 bits per heavy atom. The molecule has 2 unspecified atom stereocenters. The number of rotatable bonds is 3. The van der Waals surface area contributed by atoms with Crippen molar-refractivity contribution in [2.45, 2.75) is 31.3 Å². The van der Waals surface area contributed by atoms with Crippen molar-refractivity contribution in [3.63, 3.8) is 0 Å². The molecule has 1 aliphatic carbocycles. The van der Waals surface area contributed by atoms with Crippen LogP contribution in [0.25, 0.3) is 0 Å². The SMILES string of the molecule is NC(C(=O)N1CCc2sccc2C1C1CC1)c1cccs1. The molecule has 1 amide bonds. The van der Waals surface area contributed by atoms with Crippen LogP contribution in [0.3, 0.4) is 0 Å². The molecular weight excluding hydrogens is 300 g/mol. The van der Waals surface area contributed by atoms with Crippen molar-refractivity contribution in [1.29, 1.82) is 0 Å². The Hall–Kier alpha value is -1.17. The normalized spacial score (nSPS) is 22.9. The summed E-state index contributed by atoms with van der Waals surface area (Å²) in [6.07, 6.45) is 3.44. The van der Waals surface area contributed by atoms with Crippen LogP contribution >= 0.6 is 22.7 Å². The van der Waals surface area contributed by atoms with Crippen LogP contribution in [0.1, 0.15) is 40.2 Å². The Balaban J connectivity index is 1.63. The summed E-state index contributed by atoms with van der Waals surface area (Å²) in [5.41, 5.74) is 7.59. The molecule has 2 aliphatic rings. The van der Waals surface area contributed by atoms with Gasteiger partial charge < -0.3 is 10.6 Å². The monoisotopic (exact) mass is 318 g/mol. The van der Waals surface area contributed by atoms with E-state index in [9.17, 15) is 4.79 Å². The highest BCUT2D eigenvalue weighted by Crippen LogP contribution is 2.48. The summed E-state index contributed by atoms with van der Waals surface area (Å²) < 4.78 is 0. The second-order valence-corrected chi connectivity index (χ2v) is 7.84. The number of carbonyl (C=O) groups is 1. The molecule has 1 saturated carbocycles. The van der Waals surface area contributed by atoms with Gasteiger partial charge in [-0.1, -0.05) is 6.07 Å². The Morgan fingerprint density at radius 3 is 2.86 bits per heavy atom. The second kappa shape index (κ2) is 5.23. The first kappa shape index (κ1) is 13.5. The van der Waals surface area contributed by atoms with E-state index in [0.29, 0.717) is 5.92 Å². The van der Waals surface area contributed by atoms with Crippen LogP contribution in [0.2, 0.25) is 0 Å². The van der Waals surface area contributed by atoms with Gasteiger partial charge >= 0.3 is 0 Å². The highest BCUT2D eigenvalue weighted by molar-refractivity contribution is 7.10. The van der Waals surface area contributed by atoms with Crippen LogP contribution in [-0.2, 0) is 11.2 Å². The molecule has 2 N–H and O–H groups in total. The Bertz CT molecular complexity index is 645. The van der Waals surface area contributed by atoms with Gasteiger partial charge in [-0.3, -0.25) is 4.79 Å². The van der Waals surface area contributed by atoms with Gasteiger partial charge in [0.15, 0.2) is 0 Å². The average Bonchev–Trinajstić information content (AvgIpc) is 3.02.